The van der Waals surface area contributed by atoms with E-state index in [1.165, 1.54) is 0 Å². The average molecular weight is 137 g/mol. The fourth-order valence-electron chi connectivity index (χ4n) is 0.811. The van der Waals surface area contributed by atoms with Crippen molar-refractivity contribution in [3.8, 4) is 0 Å². The van der Waals surface area contributed by atoms with Gasteiger partial charge in [0, 0.05) is 6.20 Å². The number of pyridine rings is 1. The summed E-state index contributed by atoms with van der Waals surface area (Å²) in [6, 6.07) is 5.39. The Bertz CT molecular complexity index is 262. The lowest BCUT2D eigenvalue weighted by Gasteiger charge is -2.08. The third kappa shape index (κ3) is 1.25. The van der Waals surface area contributed by atoms with E-state index in [4.69, 9.17) is 11.1 Å². The van der Waals surface area contributed by atoms with Gasteiger partial charge in [-0.15, -0.1) is 0 Å². The molecule has 0 fully saturated rings. The van der Waals surface area contributed by atoms with E-state index in [0.29, 0.717) is 5.49 Å². The van der Waals surface area contributed by atoms with Gasteiger partial charge in [0.1, 0.15) is 5.49 Å². The molecule has 0 aliphatic heterocycles. The van der Waals surface area contributed by atoms with Gasteiger partial charge < -0.3 is 10.3 Å². The Morgan fingerprint density at radius 2 is 2.30 bits per heavy atom. The second-order valence-electron chi connectivity index (χ2n) is 2.23. The molecular formula is C7H11N3. The molecule has 0 aromatic carbocycles. The number of nitrogens with two attached hydrogens (primary N) is 1. The summed E-state index contributed by atoms with van der Waals surface area (Å²) in [6.07, 6.45) is 1.68. The third-order valence-corrected chi connectivity index (χ3v) is 1.33. The Hall–Kier alpha value is -1.09. The molecule has 0 aliphatic carbocycles. The van der Waals surface area contributed by atoms with E-state index in [1.807, 2.05) is 19.1 Å². The van der Waals surface area contributed by atoms with Crippen LogP contribution in [0, 0.1) is 5.41 Å². The molecule has 1 atom stereocenters. The highest BCUT2D eigenvalue weighted by molar-refractivity contribution is 4.92. The molecule has 1 unspecified atom stereocenters. The van der Waals surface area contributed by atoms with Gasteiger partial charge in [-0.05, 0) is 19.1 Å². The standard InChI is InChI=1S/C7H11N3/c1-6(8)10-5-3-2-4-7(10)9/h2-6,9H,8H2,1H3. The molecule has 0 saturated heterocycles. The van der Waals surface area contributed by atoms with Crippen molar-refractivity contribution in [2.24, 2.45) is 5.73 Å². The van der Waals surface area contributed by atoms with Crippen molar-refractivity contribution in [3.05, 3.63) is 29.9 Å². The zero-order chi connectivity index (χ0) is 7.56. The zero-order valence-electron chi connectivity index (χ0n) is 5.91. The molecule has 1 aromatic heterocycles. The van der Waals surface area contributed by atoms with Crippen LogP contribution in [0.25, 0.3) is 0 Å². The van der Waals surface area contributed by atoms with Gasteiger partial charge in [-0.1, -0.05) is 6.07 Å². The van der Waals surface area contributed by atoms with Crippen LogP contribution in [-0.4, -0.2) is 4.57 Å². The smallest absolute Gasteiger partial charge is 0.125 e. The monoisotopic (exact) mass is 137 g/mol. The molecule has 10 heavy (non-hydrogen) atoms. The maximum Gasteiger partial charge on any atom is 0.125 e. The summed E-state index contributed by atoms with van der Waals surface area (Å²) in [5.74, 6) is 0. The summed E-state index contributed by atoms with van der Waals surface area (Å²) in [5, 5.41) is 7.38. The first-order valence-corrected chi connectivity index (χ1v) is 3.19. The van der Waals surface area contributed by atoms with Gasteiger partial charge in [-0.3, -0.25) is 5.41 Å². The molecule has 0 radical (unpaired) electrons. The Kier molecular flexibility index (Phi) is 1.87. The van der Waals surface area contributed by atoms with E-state index in [2.05, 4.69) is 0 Å². The lowest BCUT2D eigenvalue weighted by molar-refractivity contribution is 0.540. The summed E-state index contributed by atoms with van der Waals surface area (Å²) >= 11 is 0. The average Bonchev–Trinajstić information content (AvgIpc) is 1.88. The van der Waals surface area contributed by atoms with Crippen molar-refractivity contribution >= 4 is 0 Å². The van der Waals surface area contributed by atoms with Crippen LogP contribution in [-0.2, 0) is 0 Å². The van der Waals surface area contributed by atoms with Crippen LogP contribution in [0.4, 0.5) is 0 Å². The van der Waals surface area contributed by atoms with Crippen LogP contribution in [0.1, 0.15) is 13.1 Å². The molecule has 3 nitrogen and oxygen atoms in total. The van der Waals surface area contributed by atoms with Crippen molar-refractivity contribution in [1.82, 2.24) is 4.57 Å². The molecule has 0 saturated carbocycles. The lowest BCUT2D eigenvalue weighted by Crippen LogP contribution is -2.26. The van der Waals surface area contributed by atoms with Gasteiger partial charge in [0.05, 0.1) is 6.17 Å². The summed E-state index contributed by atoms with van der Waals surface area (Å²) in [4.78, 5) is 0. The fourth-order valence-corrected chi connectivity index (χ4v) is 0.811. The van der Waals surface area contributed by atoms with Gasteiger partial charge in [-0.25, -0.2) is 0 Å². The number of nitrogens with one attached hydrogen (secondary N) is 1. The van der Waals surface area contributed by atoms with E-state index < -0.39 is 0 Å². The van der Waals surface area contributed by atoms with E-state index in [1.54, 1.807) is 16.8 Å². The number of nitrogens with zero attached hydrogens (tertiary/aromatic N) is 1. The normalized spacial score (nSPS) is 13.0. The van der Waals surface area contributed by atoms with Gasteiger partial charge in [0.15, 0.2) is 0 Å². The first-order chi connectivity index (χ1) is 4.72. The minimum Gasteiger partial charge on any atom is -0.318 e. The summed E-state index contributed by atoms with van der Waals surface area (Å²) < 4.78 is 1.69. The van der Waals surface area contributed by atoms with Crippen LogP contribution < -0.4 is 11.2 Å². The molecule has 1 rings (SSSR count). The van der Waals surface area contributed by atoms with Gasteiger partial charge >= 0.3 is 0 Å². The first-order valence-electron chi connectivity index (χ1n) is 3.19. The maximum atomic E-state index is 7.38. The van der Waals surface area contributed by atoms with E-state index in [9.17, 15) is 0 Å². The largest absolute Gasteiger partial charge is 0.318 e. The van der Waals surface area contributed by atoms with E-state index >= 15 is 0 Å². The van der Waals surface area contributed by atoms with Crippen molar-refractivity contribution in [2.75, 3.05) is 0 Å². The predicted octanol–water partition coefficient (Wildman–Crippen LogP) is 0.445. The fraction of sp³-hybridized carbons (Fsp3) is 0.286. The minimum atomic E-state index is -0.117. The highest BCUT2D eigenvalue weighted by Gasteiger charge is 1.93. The zero-order valence-corrected chi connectivity index (χ0v) is 5.91. The molecule has 54 valence electrons. The molecule has 3 N–H and O–H groups in total. The highest BCUT2D eigenvalue weighted by atomic mass is 15.1. The van der Waals surface area contributed by atoms with Crippen molar-refractivity contribution in [3.63, 3.8) is 0 Å². The van der Waals surface area contributed by atoms with Crippen molar-refractivity contribution < 1.29 is 0 Å². The topological polar surface area (TPSA) is 54.8 Å². The first kappa shape index (κ1) is 7.02. The molecule has 1 heterocycles. The Morgan fingerprint density at radius 1 is 1.60 bits per heavy atom. The van der Waals surface area contributed by atoms with E-state index in [-0.39, 0.29) is 6.17 Å². The lowest BCUT2D eigenvalue weighted by atomic mass is 10.4. The Labute approximate surface area is 59.6 Å². The van der Waals surface area contributed by atoms with Crippen molar-refractivity contribution in [2.45, 2.75) is 13.1 Å². The summed E-state index contributed by atoms with van der Waals surface area (Å²) in [7, 11) is 0. The number of hydrogen-bond donors (Lipinski definition) is 2. The highest BCUT2D eigenvalue weighted by Crippen LogP contribution is 1.89. The number of hydrogen-bond acceptors (Lipinski definition) is 2. The second kappa shape index (κ2) is 2.66. The summed E-state index contributed by atoms with van der Waals surface area (Å²) in [5.41, 5.74) is 6.00. The van der Waals surface area contributed by atoms with Crippen LogP contribution >= 0.6 is 0 Å². The quantitative estimate of drug-likeness (QED) is 0.580. The van der Waals surface area contributed by atoms with Crippen LogP contribution in [0.5, 0.6) is 0 Å². The number of aromatic nitrogens is 1. The van der Waals surface area contributed by atoms with Crippen molar-refractivity contribution in [1.29, 1.82) is 5.41 Å². The molecule has 0 aliphatic rings. The van der Waals surface area contributed by atoms with Crippen LogP contribution in [0.15, 0.2) is 24.4 Å². The molecular weight excluding hydrogens is 126 g/mol. The molecule has 0 bridgehead atoms. The van der Waals surface area contributed by atoms with Gasteiger partial charge in [0.25, 0.3) is 0 Å². The number of rotatable bonds is 1. The van der Waals surface area contributed by atoms with E-state index in [0.717, 1.165) is 0 Å². The van der Waals surface area contributed by atoms with Crippen LogP contribution in [0.2, 0.25) is 0 Å². The molecule has 3 heteroatoms. The predicted molar refractivity (Wildman–Crippen MR) is 39.2 cm³/mol. The molecule has 0 spiro atoms. The van der Waals surface area contributed by atoms with Gasteiger partial charge in [0.2, 0.25) is 0 Å². The Balaban J connectivity index is 3.16. The molecule has 1 aromatic rings. The van der Waals surface area contributed by atoms with Crippen LogP contribution in [0.3, 0.4) is 0 Å². The Morgan fingerprint density at radius 3 is 2.70 bits per heavy atom. The SMILES string of the molecule is CC(N)n1ccccc1=N. The maximum absolute atomic E-state index is 7.38. The van der Waals surface area contributed by atoms with Gasteiger partial charge in [-0.2, -0.15) is 0 Å². The third-order valence-electron chi connectivity index (χ3n) is 1.33. The summed E-state index contributed by atoms with van der Waals surface area (Å²) in [6.45, 7) is 1.85. The molecule has 0 amide bonds. The second-order valence-corrected chi connectivity index (χ2v) is 2.23. The minimum absolute atomic E-state index is 0.117.